The molecule has 4 heteroatoms. The summed E-state index contributed by atoms with van der Waals surface area (Å²) in [5, 5.41) is 0. The molecule has 0 atom stereocenters. The highest BCUT2D eigenvalue weighted by molar-refractivity contribution is 5.96. The van der Waals surface area contributed by atoms with E-state index in [1.807, 2.05) is 16.8 Å². The zero-order valence-corrected chi connectivity index (χ0v) is 10.6. The highest BCUT2D eigenvalue weighted by Crippen LogP contribution is 2.53. The van der Waals surface area contributed by atoms with Crippen molar-refractivity contribution in [1.82, 2.24) is 4.57 Å². The second-order valence-electron chi connectivity index (χ2n) is 5.44. The highest BCUT2D eigenvalue weighted by Gasteiger charge is 2.47. The van der Waals surface area contributed by atoms with Crippen LogP contribution in [0.1, 0.15) is 42.2 Å². The van der Waals surface area contributed by atoms with Gasteiger partial charge in [0.1, 0.15) is 0 Å². The zero-order chi connectivity index (χ0) is 12.8. The summed E-state index contributed by atoms with van der Waals surface area (Å²) < 4.78 is 6.95. The van der Waals surface area contributed by atoms with Crippen LogP contribution in [0, 0.1) is 5.41 Å². The number of fused-ring (bicyclic) bond motifs is 1. The smallest absolute Gasteiger partial charge is 0.310 e. The number of nitrogens with zero attached hydrogens (tertiary/aromatic N) is 1. The van der Waals surface area contributed by atoms with Crippen LogP contribution in [-0.2, 0) is 22.5 Å². The van der Waals surface area contributed by atoms with E-state index in [0.29, 0.717) is 13.0 Å². The van der Waals surface area contributed by atoms with Gasteiger partial charge in [0.15, 0.2) is 5.78 Å². The van der Waals surface area contributed by atoms with Gasteiger partial charge in [0.05, 0.1) is 18.7 Å². The molecule has 0 aromatic carbocycles. The summed E-state index contributed by atoms with van der Waals surface area (Å²) in [5.74, 6) is -0.0112. The fraction of sp³-hybridized carbons (Fsp3) is 0.571. The SMILES string of the molecule is CCOC(=O)Cc1cc2n(c1)CC1(CC1)CC2=O. The first-order valence-electron chi connectivity index (χ1n) is 6.50. The Bertz CT molecular complexity index is 511. The van der Waals surface area contributed by atoms with E-state index < -0.39 is 0 Å². The molecule has 1 aromatic heterocycles. The molecule has 1 aliphatic heterocycles. The van der Waals surface area contributed by atoms with E-state index in [-0.39, 0.29) is 23.6 Å². The largest absolute Gasteiger partial charge is 0.466 e. The van der Waals surface area contributed by atoms with Crippen LogP contribution >= 0.6 is 0 Å². The third-order valence-electron chi connectivity index (χ3n) is 3.89. The first-order valence-corrected chi connectivity index (χ1v) is 6.50. The number of esters is 1. The van der Waals surface area contributed by atoms with Gasteiger partial charge in [-0.05, 0) is 36.8 Å². The van der Waals surface area contributed by atoms with Gasteiger partial charge in [0, 0.05) is 19.2 Å². The number of hydrogen-bond donors (Lipinski definition) is 0. The Balaban J connectivity index is 1.79. The first kappa shape index (κ1) is 11.5. The van der Waals surface area contributed by atoms with Crippen LogP contribution in [0.15, 0.2) is 12.3 Å². The lowest BCUT2D eigenvalue weighted by Crippen LogP contribution is -2.25. The van der Waals surface area contributed by atoms with Crippen molar-refractivity contribution in [3.8, 4) is 0 Å². The molecule has 1 aliphatic carbocycles. The van der Waals surface area contributed by atoms with E-state index in [4.69, 9.17) is 4.74 Å². The van der Waals surface area contributed by atoms with E-state index in [2.05, 4.69) is 0 Å². The topological polar surface area (TPSA) is 48.3 Å². The Kier molecular flexibility index (Phi) is 2.54. The van der Waals surface area contributed by atoms with Gasteiger partial charge in [-0.25, -0.2) is 0 Å². The third-order valence-corrected chi connectivity index (χ3v) is 3.89. The van der Waals surface area contributed by atoms with E-state index >= 15 is 0 Å². The van der Waals surface area contributed by atoms with Crippen LogP contribution in [0.4, 0.5) is 0 Å². The number of carbonyl (C=O) groups is 2. The maximum Gasteiger partial charge on any atom is 0.310 e. The number of hydrogen-bond acceptors (Lipinski definition) is 3. The van der Waals surface area contributed by atoms with E-state index in [1.54, 1.807) is 6.92 Å². The molecule has 1 fully saturated rings. The number of rotatable bonds is 3. The molecule has 4 nitrogen and oxygen atoms in total. The van der Waals surface area contributed by atoms with Crippen LogP contribution in [0.5, 0.6) is 0 Å². The molecule has 0 N–H and O–H groups in total. The molecule has 2 aliphatic rings. The van der Waals surface area contributed by atoms with Gasteiger partial charge in [-0.15, -0.1) is 0 Å². The second-order valence-corrected chi connectivity index (χ2v) is 5.44. The lowest BCUT2D eigenvalue weighted by Gasteiger charge is -2.22. The van der Waals surface area contributed by atoms with E-state index in [9.17, 15) is 9.59 Å². The predicted octanol–water partition coefficient (Wildman–Crippen LogP) is 1.96. The van der Waals surface area contributed by atoms with Crippen LogP contribution in [0.2, 0.25) is 0 Å². The Hall–Kier alpha value is -1.58. The second kappa shape index (κ2) is 3.97. The molecule has 0 bridgehead atoms. The molecule has 96 valence electrons. The number of ether oxygens (including phenoxy) is 1. The quantitative estimate of drug-likeness (QED) is 0.767. The number of aromatic nitrogens is 1. The predicted molar refractivity (Wildman–Crippen MR) is 65.4 cm³/mol. The van der Waals surface area contributed by atoms with Crippen molar-refractivity contribution in [2.45, 2.75) is 39.2 Å². The molecule has 1 saturated carbocycles. The van der Waals surface area contributed by atoms with E-state index in [0.717, 1.165) is 30.6 Å². The number of Topliss-reactive ketones (excluding diaryl/α,β-unsaturated/α-hetero) is 1. The summed E-state index contributed by atoms with van der Waals surface area (Å²) in [6.45, 7) is 3.12. The minimum atomic E-state index is -0.228. The molecule has 3 rings (SSSR count). The summed E-state index contributed by atoms with van der Waals surface area (Å²) in [4.78, 5) is 23.5. The van der Waals surface area contributed by atoms with Crippen molar-refractivity contribution in [2.24, 2.45) is 5.41 Å². The Morgan fingerprint density at radius 3 is 2.94 bits per heavy atom. The van der Waals surface area contributed by atoms with Crippen LogP contribution in [0.3, 0.4) is 0 Å². The minimum Gasteiger partial charge on any atom is -0.466 e. The van der Waals surface area contributed by atoms with Crippen molar-refractivity contribution in [3.63, 3.8) is 0 Å². The third kappa shape index (κ3) is 1.96. The minimum absolute atomic E-state index is 0.217. The molecule has 1 spiro atoms. The maximum atomic E-state index is 12.0. The lowest BCUT2D eigenvalue weighted by molar-refractivity contribution is -0.142. The normalized spacial score (nSPS) is 19.7. The molecular weight excluding hydrogens is 230 g/mol. The molecule has 0 radical (unpaired) electrons. The summed E-state index contributed by atoms with van der Waals surface area (Å²) >= 11 is 0. The van der Waals surface area contributed by atoms with Crippen molar-refractivity contribution in [1.29, 1.82) is 0 Å². The molecule has 0 saturated heterocycles. The molecular formula is C14H17NO3. The van der Waals surface area contributed by atoms with Gasteiger partial charge in [-0.1, -0.05) is 0 Å². The summed E-state index contributed by atoms with van der Waals surface area (Å²) in [6, 6.07) is 1.84. The van der Waals surface area contributed by atoms with Gasteiger partial charge in [0.2, 0.25) is 0 Å². The molecule has 0 unspecified atom stereocenters. The lowest BCUT2D eigenvalue weighted by atomic mass is 9.94. The van der Waals surface area contributed by atoms with Gasteiger partial charge < -0.3 is 9.30 Å². The van der Waals surface area contributed by atoms with Crippen LogP contribution in [-0.4, -0.2) is 22.9 Å². The first-order chi connectivity index (χ1) is 8.62. The fourth-order valence-electron chi connectivity index (χ4n) is 2.77. The Morgan fingerprint density at radius 1 is 1.50 bits per heavy atom. The Morgan fingerprint density at radius 2 is 2.28 bits per heavy atom. The van der Waals surface area contributed by atoms with Crippen LogP contribution < -0.4 is 0 Å². The van der Waals surface area contributed by atoms with Gasteiger partial charge in [-0.3, -0.25) is 9.59 Å². The maximum absolute atomic E-state index is 12.0. The number of carbonyl (C=O) groups excluding carboxylic acids is 2. The Labute approximate surface area is 106 Å². The monoisotopic (exact) mass is 247 g/mol. The van der Waals surface area contributed by atoms with Gasteiger partial charge >= 0.3 is 5.97 Å². The summed E-state index contributed by atoms with van der Waals surface area (Å²) in [7, 11) is 0. The van der Waals surface area contributed by atoms with Crippen molar-refractivity contribution >= 4 is 11.8 Å². The van der Waals surface area contributed by atoms with Crippen molar-refractivity contribution in [2.75, 3.05) is 6.61 Å². The molecule has 2 heterocycles. The zero-order valence-electron chi connectivity index (χ0n) is 10.6. The standard InChI is InChI=1S/C14H17NO3/c1-2-18-13(17)6-10-5-11-12(16)7-14(3-4-14)9-15(11)8-10/h5,8H,2-4,6-7,9H2,1H3. The average molecular weight is 247 g/mol. The van der Waals surface area contributed by atoms with E-state index in [1.165, 1.54) is 0 Å². The van der Waals surface area contributed by atoms with Crippen molar-refractivity contribution < 1.29 is 14.3 Å². The van der Waals surface area contributed by atoms with Gasteiger partial charge in [0.25, 0.3) is 0 Å². The fourth-order valence-corrected chi connectivity index (χ4v) is 2.77. The van der Waals surface area contributed by atoms with Crippen molar-refractivity contribution in [3.05, 3.63) is 23.5 Å². The van der Waals surface area contributed by atoms with Gasteiger partial charge in [-0.2, -0.15) is 0 Å². The molecule has 18 heavy (non-hydrogen) atoms. The van der Waals surface area contributed by atoms with Crippen LogP contribution in [0.25, 0.3) is 0 Å². The number of ketones is 1. The molecule has 0 amide bonds. The highest BCUT2D eigenvalue weighted by atomic mass is 16.5. The summed E-state index contributed by atoms with van der Waals surface area (Å²) in [6.07, 6.45) is 5.18. The summed E-state index contributed by atoms with van der Waals surface area (Å²) in [5.41, 5.74) is 1.88. The molecule has 1 aromatic rings. The average Bonchev–Trinajstić information content (AvgIpc) is 2.89.